The third kappa shape index (κ3) is 2.06. The number of allylic oxidation sites excluding steroid dienone is 1. The third-order valence-electron chi connectivity index (χ3n) is 1.64. The predicted octanol–water partition coefficient (Wildman–Crippen LogP) is 3.15. The fraction of sp³-hybridized carbons (Fsp3) is 0.182. The first-order valence-corrected chi connectivity index (χ1v) is 4.11. The van der Waals surface area contributed by atoms with E-state index >= 15 is 0 Å². The molecule has 12 heavy (non-hydrogen) atoms. The highest BCUT2D eigenvalue weighted by Gasteiger charge is 1.91. The number of hydrogen-bond acceptors (Lipinski definition) is 1. The second-order valence-corrected chi connectivity index (χ2v) is 2.52. The SMILES string of the molecule is C=Cc1cnccc1/C=C\CC. The maximum absolute atomic E-state index is 4.02. The quantitative estimate of drug-likeness (QED) is 0.660. The molecule has 62 valence electrons. The zero-order valence-corrected chi connectivity index (χ0v) is 7.33. The van der Waals surface area contributed by atoms with Crippen molar-refractivity contribution >= 4 is 12.2 Å². The van der Waals surface area contributed by atoms with E-state index < -0.39 is 0 Å². The van der Waals surface area contributed by atoms with Gasteiger partial charge in [0.05, 0.1) is 0 Å². The van der Waals surface area contributed by atoms with E-state index in [0.717, 1.165) is 12.0 Å². The molecule has 0 aliphatic rings. The van der Waals surface area contributed by atoms with Crippen LogP contribution in [0.4, 0.5) is 0 Å². The molecule has 0 aromatic carbocycles. The van der Waals surface area contributed by atoms with Crippen molar-refractivity contribution in [1.82, 2.24) is 4.98 Å². The highest BCUT2D eigenvalue weighted by molar-refractivity contribution is 5.63. The van der Waals surface area contributed by atoms with Gasteiger partial charge < -0.3 is 0 Å². The summed E-state index contributed by atoms with van der Waals surface area (Å²) in [4.78, 5) is 4.02. The number of aromatic nitrogens is 1. The molecule has 0 saturated carbocycles. The average molecular weight is 159 g/mol. The summed E-state index contributed by atoms with van der Waals surface area (Å²) in [5, 5.41) is 0. The molecule has 0 aliphatic heterocycles. The Morgan fingerprint density at radius 1 is 1.50 bits per heavy atom. The van der Waals surface area contributed by atoms with E-state index in [1.165, 1.54) is 5.56 Å². The Kier molecular flexibility index (Phi) is 3.27. The lowest BCUT2D eigenvalue weighted by Crippen LogP contribution is -1.81. The fourth-order valence-corrected chi connectivity index (χ4v) is 0.985. The molecule has 1 aromatic heterocycles. The molecule has 0 fully saturated rings. The van der Waals surface area contributed by atoms with Crippen molar-refractivity contribution in [2.75, 3.05) is 0 Å². The first-order chi connectivity index (χ1) is 5.88. The van der Waals surface area contributed by atoms with Crippen molar-refractivity contribution in [3.63, 3.8) is 0 Å². The lowest BCUT2D eigenvalue weighted by Gasteiger charge is -1.97. The van der Waals surface area contributed by atoms with E-state index in [-0.39, 0.29) is 0 Å². The minimum atomic E-state index is 1.05. The first-order valence-electron chi connectivity index (χ1n) is 4.11. The molecule has 1 nitrogen and oxygen atoms in total. The summed E-state index contributed by atoms with van der Waals surface area (Å²) in [7, 11) is 0. The Morgan fingerprint density at radius 2 is 2.33 bits per heavy atom. The molecule has 0 saturated heterocycles. The van der Waals surface area contributed by atoms with Gasteiger partial charge in [0.2, 0.25) is 0 Å². The van der Waals surface area contributed by atoms with Crippen LogP contribution in [-0.4, -0.2) is 4.98 Å². The predicted molar refractivity (Wildman–Crippen MR) is 53.7 cm³/mol. The Morgan fingerprint density at radius 3 is 3.00 bits per heavy atom. The van der Waals surface area contributed by atoms with Crippen molar-refractivity contribution in [1.29, 1.82) is 0 Å². The summed E-state index contributed by atoms with van der Waals surface area (Å²) in [5.74, 6) is 0. The summed E-state index contributed by atoms with van der Waals surface area (Å²) < 4.78 is 0. The Bertz CT molecular complexity index is 287. The van der Waals surface area contributed by atoms with Gasteiger partial charge >= 0.3 is 0 Å². The molecule has 1 heterocycles. The lowest BCUT2D eigenvalue weighted by atomic mass is 10.1. The minimum Gasteiger partial charge on any atom is -0.264 e. The Balaban J connectivity index is 2.96. The smallest absolute Gasteiger partial charge is 0.0346 e. The van der Waals surface area contributed by atoms with E-state index in [0.29, 0.717) is 0 Å². The minimum absolute atomic E-state index is 1.05. The normalized spacial score (nSPS) is 10.4. The summed E-state index contributed by atoms with van der Waals surface area (Å²) in [6.07, 6.45) is 10.7. The van der Waals surface area contributed by atoms with Gasteiger partial charge in [0, 0.05) is 12.4 Å². The van der Waals surface area contributed by atoms with Gasteiger partial charge in [-0.2, -0.15) is 0 Å². The van der Waals surface area contributed by atoms with Crippen LogP contribution in [0.2, 0.25) is 0 Å². The number of hydrogen-bond donors (Lipinski definition) is 0. The van der Waals surface area contributed by atoms with Crippen molar-refractivity contribution in [3.05, 3.63) is 42.2 Å². The van der Waals surface area contributed by atoms with Crippen molar-refractivity contribution < 1.29 is 0 Å². The third-order valence-corrected chi connectivity index (χ3v) is 1.64. The molecule has 1 rings (SSSR count). The zero-order chi connectivity index (χ0) is 8.81. The summed E-state index contributed by atoms with van der Waals surface area (Å²) in [6, 6.07) is 1.99. The van der Waals surface area contributed by atoms with Crippen molar-refractivity contribution in [2.24, 2.45) is 0 Å². The van der Waals surface area contributed by atoms with Crippen LogP contribution in [0.15, 0.2) is 31.1 Å². The van der Waals surface area contributed by atoms with Crippen LogP contribution in [0.3, 0.4) is 0 Å². The van der Waals surface area contributed by atoms with Crippen LogP contribution in [0.25, 0.3) is 12.2 Å². The molecular weight excluding hydrogens is 146 g/mol. The van der Waals surface area contributed by atoms with E-state index in [4.69, 9.17) is 0 Å². The van der Waals surface area contributed by atoms with Gasteiger partial charge in [-0.1, -0.05) is 31.7 Å². The van der Waals surface area contributed by atoms with Gasteiger partial charge in [-0.3, -0.25) is 4.98 Å². The molecule has 1 aromatic rings. The topological polar surface area (TPSA) is 12.9 Å². The molecule has 0 radical (unpaired) electrons. The van der Waals surface area contributed by atoms with Crippen LogP contribution in [-0.2, 0) is 0 Å². The summed E-state index contributed by atoms with van der Waals surface area (Å²) >= 11 is 0. The number of rotatable bonds is 3. The van der Waals surface area contributed by atoms with Crippen LogP contribution < -0.4 is 0 Å². The second kappa shape index (κ2) is 4.50. The second-order valence-electron chi connectivity index (χ2n) is 2.52. The van der Waals surface area contributed by atoms with Gasteiger partial charge in [-0.15, -0.1) is 0 Å². The standard InChI is InChI=1S/C11H13N/c1-3-5-6-11-7-8-12-9-10(11)4-2/h4-9H,2-3H2,1H3/b6-5-. The van der Waals surface area contributed by atoms with Crippen molar-refractivity contribution in [3.8, 4) is 0 Å². The molecule has 0 N–H and O–H groups in total. The van der Waals surface area contributed by atoms with Crippen molar-refractivity contribution in [2.45, 2.75) is 13.3 Å². The average Bonchev–Trinajstić information content (AvgIpc) is 2.15. The van der Waals surface area contributed by atoms with Gasteiger partial charge in [0.1, 0.15) is 0 Å². The van der Waals surface area contributed by atoms with Crippen LogP contribution in [0.1, 0.15) is 24.5 Å². The van der Waals surface area contributed by atoms with E-state index in [1.807, 2.05) is 18.3 Å². The first kappa shape index (κ1) is 8.72. The Hall–Kier alpha value is -1.37. The molecule has 1 heteroatoms. The van der Waals surface area contributed by atoms with Gasteiger partial charge in [0.25, 0.3) is 0 Å². The van der Waals surface area contributed by atoms with Crippen LogP contribution >= 0.6 is 0 Å². The molecule has 0 bridgehead atoms. The van der Waals surface area contributed by atoms with Crippen LogP contribution in [0, 0.1) is 0 Å². The fourth-order valence-electron chi connectivity index (χ4n) is 0.985. The highest BCUT2D eigenvalue weighted by Crippen LogP contribution is 2.10. The van der Waals surface area contributed by atoms with Gasteiger partial charge in [-0.25, -0.2) is 0 Å². The maximum Gasteiger partial charge on any atom is 0.0346 e. The molecule has 0 aliphatic carbocycles. The monoisotopic (exact) mass is 159 g/mol. The Labute approximate surface area is 73.5 Å². The maximum atomic E-state index is 4.02. The lowest BCUT2D eigenvalue weighted by molar-refractivity contribution is 1.23. The van der Waals surface area contributed by atoms with E-state index in [1.54, 1.807) is 6.20 Å². The largest absolute Gasteiger partial charge is 0.264 e. The zero-order valence-electron chi connectivity index (χ0n) is 7.33. The van der Waals surface area contributed by atoms with E-state index in [9.17, 15) is 0 Å². The number of nitrogens with zero attached hydrogens (tertiary/aromatic N) is 1. The highest BCUT2D eigenvalue weighted by atomic mass is 14.6. The number of pyridine rings is 1. The molecule has 0 atom stereocenters. The molecule has 0 amide bonds. The van der Waals surface area contributed by atoms with Gasteiger partial charge in [0.15, 0.2) is 0 Å². The summed E-state index contributed by atoms with van der Waals surface area (Å²) in [6.45, 7) is 5.84. The van der Waals surface area contributed by atoms with Gasteiger partial charge in [-0.05, 0) is 23.6 Å². The molecule has 0 spiro atoms. The molecular formula is C11H13N. The van der Waals surface area contributed by atoms with Crippen LogP contribution in [0.5, 0.6) is 0 Å². The summed E-state index contributed by atoms with van der Waals surface area (Å²) in [5.41, 5.74) is 2.27. The molecule has 0 unspecified atom stereocenters. The van der Waals surface area contributed by atoms with E-state index in [2.05, 4.69) is 30.6 Å².